The average Bonchev–Trinajstić information content (AvgIpc) is 2.03. The molecule has 1 fully saturated rings. The van der Waals surface area contributed by atoms with Crippen LogP contribution in [0, 0.1) is 5.92 Å². The van der Waals surface area contributed by atoms with Crippen LogP contribution in [-0.2, 0) is 0 Å². The van der Waals surface area contributed by atoms with Crippen molar-refractivity contribution in [2.45, 2.75) is 57.6 Å². The van der Waals surface area contributed by atoms with Crippen molar-refractivity contribution in [3.63, 3.8) is 0 Å². The van der Waals surface area contributed by atoms with Crippen LogP contribution in [-0.4, -0.2) is 23.0 Å². The van der Waals surface area contributed by atoms with Crippen molar-refractivity contribution in [2.75, 3.05) is 18.3 Å². The van der Waals surface area contributed by atoms with E-state index < -0.39 is 10.0 Å². The maximum absolute atomic E-state index is 2.53. The Balaban J connectivity index is 2.49. The van der Waals surface area contributed by atoms with Gasteiger partial charge in [0.2, 0.25) is 0 Å². The molecular weight excluding hydrogens is 188 g/mol. The third kappa shape index (κ3) is 3.18. The second kappa shape index (κ2) is 4.47. The monoisotopic (exact) mass is 216 g/mol. The van der Waals surface area contributed by atoms with Gasteiger partial charge < -0.3 is 0 Å². The van der Waals surface area contributed by atoms with E-state index in [1.54, 1.807) is 0 Å². The molecule has 0 aromatic rings. The fraction of sp³-hybridized carbons (Fsp3) is 1.00. The van der Waals surface area contributed by atoms with Gasteiger partial charge in [0.15, 0.2) is 0 Å². The lowest BCUT2D eigenvalue weighted by Gasteiger charge is -2.47. The van der Waals surface area contributed by atoms with Gasteiger partial charge in [0.25, 0.3) is 0 Å². The molecule has 14 heavy (non-hydrogen) atoms. The fourth-order valence-electron chi connectivity index (χ4n) is 2.19. The molecule has 0 aromatic carbocycles. The molecule has 1 rings (SSSR count). The molecule has 0 bridgehead atoms. The highest BCUT2D eigenvalue weighted by Crippen LogP contribution is 2.55. The zero-order valence-electron chi connectivity index (χ0n) is 10.7. The van der Waals surface area contributed by atoms with Crippen LogP contribution < -0.4 is 0 Å². The Bertz CT molecular complexity index is 170. The lowest BCUT2D eigenvalue weighted by atomic mass is 9.91. The molecule has 0 radical (unpaired) electrons. The first-order valence-corrected chi connectivity index (χ1v) is 8.65. The summed E-state index contributed by atoms with van der Waals surface area (Å²) in [7, 11) is -0.397. The summed E-state index contributed by atoms with van der Waals surface area (Å²) in [4.78, 5) is 0. The minimum absolute atomic E-state index is 0.397. The second-order valence-electron chi connectivity index (χ2n) is 6.32. The largest absolute Gasteiger partial charge is 0.242 e. The summed E-state index contributed by atoms with van der Waals surface area (Å²) in [5, 5.41) is 0. The third-order valence-corrected chi connectivity index (χ3v) is 8.66. The Hall–Kier alpha value is 0.350. The standard InChI is InChI=1S/C13H28S/c1-13(2,3)14(4,5)11-12-9-7-6-8-10-12/h12H,6-11H2,1-5H3. The third-order valence-electron chi connectivity index (χ3n) is 4.03. The van der Waals surface area contributed by atoms with E-state index in [0.29, 0.717) is 4.75 Å². The molecule has 1 heteroatoms. The van der Waals surface area contributed by atoms with Crippen molar-refractivity contribution >= 4 is 10.0 Å². The maximum atomic E-state index is 2.53. The highest BCUT2D eigenvalue weighted by atomic mass is 32.3. The van der Waals surface area contributed by atoms with Crippen molar-refractivity contribution < 1.29 is 0 Å². The van der Waals surface area contributed by atoms with Gasteiger partial charge in [-0.1, -0.05) is 40.0 Å². The fourth-order valence-corrected chi connectivity index (χ4v) is 4.20. The number of hydrogen-bond acceptors (Lipinski definition) is 0. The van der Waals surface area contributed by atoms with Crippen molar-refractivity contribution in [1.29, 1.82) is 0 Å². The summed E-state index contributed by atoms with van der Waals surface area (Å²) in [6.07, 6.45) is 12.5. The van der Waals surface area contributed by atoms with Crippen molar-refractivity contribution in [1.82, 2.24) is 0 Å². The topological polar surface area (TPSA) is 0 Å². The summed E-state index contributed by atoms with van der Waals surface area (Å²) in [5.74, 6) is 2.56. The van der Waals surface area contributed by atoms with Gasteiger partial charge in [-0.2, -0.15) is 0 Å². The summed E-state index contributed by atoms with van der Waals surface area (Å²) < 4.78 is 0.532. The number of rotatable bonds is 2. The quantitative estimate of drug-likeness (QED) is 0.640. The molecule has 0 saturated heterocycles. The molecule has 0 spiro atoms. The zero-order chi connectivity index (χ0) is 10.8. The van der Waals surface area contributed by atoms with Crippen molar-refractivity contribution in [2.24, 2.45) is 5.92 Å². The van der Waals surface area contributed by atoms with Crippen LogP contribution in [0.1, 0.15) is 52.9 Å². The van der Waals surface area contributed by atoms with E-state index in [4.69, 9.17) is 0 Å². The first kappa shape index (κ1) is 12.4. The van der Waals surface area contributed by atoms with Gasteiger partial charge in [-0.25, -0.2) is 10.0 Å². The summed E-state index contributed by atoms with van der Waals surface area (Å²) in [6, 6.07) is 0. The molecule has 86 valence electrons. The Morgan fingerprint density at radius 2 is 1.50 bits per heavy atom. The van der Waals surface area contributed by atoms with Crippen LogP contribution in [0.15, 0.2) is 0 Å². The van der Waals surface area contributed by atoms with Crippen molar-refractivity contribution in [3.05, 3.63) is 0 Å². The lowest BCUT2D eigenvalue weighted by Crippen LogP contribution is -2.29. The minimum Gasteiger partial charge on any atom is -0.242 e. The van der Waals surface area contributed by atoms with Gasteiger partial charge in [0, 0.05) is 0 Å². The van der Waals surface area contributed by atoms with E-state index in [2.05, 4.69) is 33.3 Å². The molecule has 0 unspecified atom stereocenters. The second-order valence-corrected chi connectivity index (χ2v) is 11.0. The highest BCUT2D eigenvalue weighted by molar-refractivity contribution is 8.33. The van der Waals surface area contributed by atoms with E-state index in [1.807, 2.05) is 0 Å². The molecule has 1 saturated carbocycles. The summed E-state index contributed by atoms with van der Waals surface area (Å²) in [6.45, 7) is 7.27. The Morgan fingerprint density at radius 1 is 1.00 bits per heavy atom. The van der Waals surface area contributed by atoms with E-state index in [9.17, 15) is 0 Å². The summed E-state index contributed by atoms with van der Waals surface area (Å²) in [5.41, 5.74) is 0. The SMILES string of the molecule is CC(C)(C)S(C)(C)CC1CCCCC1. The summed E-state index contributed by atoms with van der Waals surface area (Å²) >= 11 is 0. The zero-order valence-corrected chi connectivity index (χ0v) is 11.5. The predicted octanol–water partition coefficient (Wildman–Crippen LogP) is 4.43. The Labute approximate surface area is 92.2 Å². The maximum Gasteiger partial charge on any atom is -0.00871 e. The van der Waals surface area contributed by atoms with Gasteiger partial charge >= 0.3 is 0 Å². The van der Waals surface area contributed by atoms with E-state index in [0.717, 1.165) is 5.92 Å². The van der Waals surface area contributed by atoms with Gasteiger partial charge in [0.05, 0.1) is 0 Å². The van der Waals surface area contributed by atoms with E-state index in [1.165, 1.54) is 37.9 Å². The Kier molecular flexibility index (Phi) is 3.96. The molecule has 0 heterocycles. The van der Waals surface area contributed by atoms with Gasteiger partial charge in [0.1, 0.15) is 0 Å². The van der Waals surface area contributed by atoms with Crippen LogP contribution in [0.25, 0.3) is 0 Å². The van der Waals surface area contributed by atoms with Crippen LogP contribution >= 0.6 is 10.0 Å². The Morgan fingerprint density at radius 3 is 1.93 bits per heavy atom. The van der Waals surface area contributed by atoms with Crippen LogP contribution in [0.5, 0.6) is 0 Å². The average molecular weight is 216 g/mol. The van der Waals surface area contributed by atoms with Crippen LogP contribution in [0.4, 0.5) is 0 Å². The molecule has 1 aliphatic carbocycles. The molecule has 0 atom stereocenters. The van der Waals surface area contributed by atoms with Gasteiger partial charge in [-0.3, -0.25) is 0 Å². The molecule has 0 N–H and O–H groups in total. The number of hydrogen-bond donors (Lipinski definition) is 0. The predicted molar refractivity (Wildman–Crippen MR) is 70.6 cm³/mol. The first-order valence-electron chi connectivity index (χ1n) is 6.03. The van der Waals surface area contributed by atoms with Crippen LogP contribution in [0.3, 0.4) is 0 Å². The van der Waals surface area contributed by atoms with Gasteiger partial charge in [-0.05, 0) is 41.8 Å². The normalized spacial score (nSPS) is 22.4. The molecular formula is C13H28S. The smallest absolute Gasteiger partial charge is 0.00871 e. The highest BCUT2D eigenvalue weighted by Gasteiger charge is 2.30. The lowest BCUT2D eigenvalue weighted by molar-refractivity contribution is 0.389. The molecule has 0 aliphatic heterocycles. The van der Waals surface area contributed by atoms with E-state index >= 15 is 0 Å². The van der Waals surface area contributed by atoms with Crippen molar-refractivity contribution in [3.8, 4) is 0 Å². The minimum atomic E-state index is -0.397. The molecule has 0 amide bonds. The van der Waals surface area contributed by atoms with E-state index in [-0.39, 0.29) is 0 Å². The van der Waals surface area contributed by atoms with Crippen LogP contribution in [0.2, 0.25) is 0 Å². The molecule has 0 aromatic heterocycles. The molecule has 0 nitrogen and oxygen atoms in total. The first-order chi connectivity index (χ1) is 6.33. The van der Waals surface area contributed by atoms with Gasteiger partial charge in [-0.15, -0.1) is 0 Å². The molecule has 1 aliphatic rings.